The molecular weight excluding hydrogens is 268 g/mol. The largest absolute Gasteiger partial charge is 0.345 e. The minimum Gasteiger partial charge on any atom is -0.345 e. The molecule has 1 N–H and O–H groups in total. The van der Waals surface area contributed by atoms with Gasteiger partial charge in [0.05, 0.1) is 6.04 Å². The van der Waals surface area contributed by atoms with Crippen molar-refractivity contribution in [2.45, 2.75) is 13.0 Å². The molecule has 0 aliphatic heterocycles. The number of nitriles is 1. The number of carbonyl (C=O) groups is 1. The second-order valence-corrected chi connectivity index (χ2v) is 5.27. The zero-order chi connectivity index (χ0) is 14.4. The number of carbonyl (C=O) groups excluding carboxylic acids is 1. The van der Waals surface area contributed by atoms with E-state index in [9.17, 15) is 4.79 Å². The maximum atomic E-state index is 12.1. The van der Waals surface area contributed by atoms with E-state index in [4.69, 9.17) is 5.26 Å². The predicted molar refractivity (Wildman–Crippen MR) is 80.9 cm³/mol. The Kier molecular flexibility index (Phi) is 4.70. The summed E-state index contributed by atoms with van der Waals surface area (Å²) in [5.41, 5.74) is 1.13. The van der Waals surface area contributed by atoms with Crippen LogP contribution in [0.2, 0.25) is 0 Å². The van der Waals surface area contributed by atoms with Crippen LogP contribution in [0.5, 0.6) is 0 Å². The van der Waals surface area contributed by atoms with Gasteiger partial charge in [-0.1, -0.05) is 36.4 Å². The molecule has 3 nitrogen and oxygen atoms in total. The number of amides is 1. The summed E-state index contributed by atoms with van der Waals surface area (Å²) in [5, 5.41) is 13.8. The second-order valence-electron chi connectivity index (χ2n) is 4.29. The third-order valence-electron chi connectivity index (χ3n) is 2.84. The molecule has 4 heteroatoms. The molecule has 1 amide bonds. The SMILES string of the molecule is C[C@@H](NC(=O)/C(C#N)=C/c1cccs1)c1ccccc1. The lowest BCUT2D eigenvalue weighted by Gasteiger charge is -2.13. The van der Waals surface area contributed by atoms with Gasteiger partial charge in [0.1, 0.15) is 11.6 Å². The van der Waals surface area contributed by atoms with Crippen LogP contribution >= 0.6 is 11.3 Å². The van der Waals surface area contributed by atoms with E-state index in [-0.39, 0.29) is 17.5 Å². The van der Waals surface area contributed by atoms with Crippen molar-refractivity contribution in [3.8, 4) is 6.07 Å². The fourth-order valence-electron chi connectivity index (χ4n) is 1.76. The Morgan fingerprint density at radius 3 is 2.65 bits per heavy atom. The van der Waals surface area contributed by atoms with E-state index in [0.29, 0.717) is 0 Å². The van der Waals surface area contributed by atoms with Crippen LogP contribution < -0.4 is 5.32 Å². The number of thiophene rings is 1. The van der Waals surface area contributed by atoms with Gasteiger partial charge in [0.15, 0.2) is 0 Å². The molecule has 0 saturated heterocycles. The predicted octanol–water partition coefficient (Wildman–Crippen LogP) is 3.53. The van der Waals surface area contributed by atoms with Crippen molar-refractivity contribution in [1.82, 2.24) is 5.32 Å². The van der Waals surface area contributed by atoms with Gasteiger partial charge in [0.2, 0.25) is 0 Å². The van der Waals surface area contributed by atoms with Crippen LogP contribution in [0.3, 0.4) is 0 Å². The zero-order valence-electron chi connectivity index (χ0n) is 11.0. The molecule has 0 bridgehead atoms. The summed E-state index contributed by atoms with van der Waals surface area (Å²) in [6, 6.07) is 15.2. The summed E-state index contributed by atoms with van der Waals surface area (Å²) in [7, 11) is 0. The Labute approximate surface area is 122 Å². The molecule has 1 aromatic heterocycles. The van der Waals surface area contributed by atoms with Crippen LogP contribution in [0.25, 0.3) is 6.08 Å². The molecule has 0 aliphatic rings. The normalized spacial score (nSPS) is 12.5. The molecule has 0 spiro atoms. The maximum absolute atomic E-state index is 12.1. The van der Waals surface area contributed by atoms with E-state index in [0.717, 1.165) is 10.4 Å². The summed E-state index contributed by atoms with van der Waals surface area (Å²) >= 11 is 1.49. The summed E-state index contributed by atoms with van der Waals surface area (Å²) in [5.74, 6) is -0.350. The van der Waals surface area contributed by atoms with Crippen LogP contribution in [0.4, 0.5) is 0 Å². The summed E-state index contributed by atoms with van der Waals surface area (Å²) < 4.78 is 0. The van der Waals surface area contributed by atoms with Gasteiger partial charge in [-0.15, -0.1) is 11.3 Å². The van der Waals surface area contributed by atoms with Gasteiger partial charge in [-0.25, -0.2) is 0 Å². The number of hydrogen-bond donors (Lipinski definition) is 1. The molecule has 100 valence electrons. The van der Waals surface area contributed by atoms with Gasteiger partial charge in [-0.05, 0) is 30.0 Å². The minimum absolute atomic E-state index is 0.121. The molecule has 2 rings (SSSR count). The first-order valence-electron chi connectivity index (χ1n) is 6.22. The van der Waals surface area contributed by atoms with Gasteiger partial charge in [0, 0.05) is 4.88 Å². The molecule has 20 heavy (non-hydrogen) atoms. The summed E-state index contributed by atoms with van der Waals surface area (Å²) in [6.07, 6.45) is 1.61. The number of nitrogens with zero attached hydrogens (tertiary/aromatic N) is 1. The first-order chi connectivity index (χ1) is 9.70. The third kappa shape index (κ3) is 3.56. The van der Waals surface area contributed by atoms with Crippen LogP contribution in [0.15, 0.2) is 53.4 Å². The lowest BCUT2D eigenvalue weighted by molar-refractivity contribution is -0.117. The highest BCUT2D eigenvalue weighted by Crippen LogP contribution is 2.15. The van der Waals surface area contributed by atoms with Gasteiger partial charge >= 0.3 is 0 Å². The van der Waals surface area contributed by atoms with Crippen LogP contribution in [-0.4, -0.2) is 5.91 Å². The van der Waals surface area contributed by atoms with Crippen molar-refractivity contribution in [2.24, 2.45) is 0 Å². The summed E-state index contributed by atoms with van der Waals surface area (Å²) in [4.78, 5) is 13.0. The first-order valence-corrected chi connectivity index (χ1v) is 7.10. The monoisotopic (exact) mass is 282 g/mol. The topological polar surface area (TPSA) is 52.9 Å². The Morgan fingerprint density at radius 1 is 1.30 bits per heavy atom. The van der Waals surface area contributed by atoms with Crippen LogP contribution in [0, 0.1) is 11.3 Å². The molecule has 0 unspecified atom stereocenters. The lowest BCUT2D eigenvalue weighted by atomic mass is 10.1. The molecule has 0 fully saturated rings. The Hall–Kier alpha value is -2.38. The van der Waals surface area contributed by atoms with Crippen molar-refractivity contribution < 1.29 is 4.79 Å². The van der Waals surface area contributed by atoms with E-state index >= 15 is 0 Å². The second kappa shape index (κ2) is 6.69. The number of benzene rings is 1. The van der Waals surface area contributed by atoms with Crippen molar-refractivity contribution in [1.29, 1.82) is 5.26 Å². The Bertz CT molecular complexity index is 639. The quantitative estimate of drug-likeness (QED) is 0.689. The molecule has 0 radical (unpaired) electrons. The molecule has 0 saturated carbocycles. The highest BCUT2D eigenvalue weighted by Gasteiger charge is 2.13. The first kappa shape index (κ1) is 14.0. The van der Waals surface area contributed by atoms with E-state index in [1.807, 2.05) is 60.8 Å². The molecule has 1 atom stereocenters. The van der Waals surface area contributed by atoms with E-state index in [1.165, 1.54) is 11.3 Å². The fourth-order valence-corrected chi connectivity index (χ4v) is 2.42. The highest BCUT2D eigenvalue weighted by atomic mass is 32.1. The van der Waals surface area contributed by atoms with Crippen LogP contribution in [-0.2, 0) is 4.79 Å². The van der Waals surface area contributed by atoms with Gasteiger partial charge < -0.3 is 5.32 Å². The number of rotatable bonds is 4. The molecule has 1 heterocycles. The standard InChI is InChI=1S/C16H14N2OS/c1-12(13-6-3-2-4-7-13)18-16(19)14(11-17)10-15-8-5-9-20-15/h2-10,12H,1H3,(H,18,19)/b14-10+/t12-/m1/s1. The van der Waals surface area contributed by atoms with Crippen molar-refractivity contribution in [2.75, 3.05) is 0 Å². The van der Waals surface area contributed by atoms with Crippen LogP contribution in [0.1, 0.15) is 23.4 Å². The van der Waals surface area contributed by atoms with E-state index in [2.05, 4.69) is 5.32 Å². The Balaban J connectivity index is 2.09. The average molecular weight is 282 g/mol. The number of hydrogen-bond acceptors (Lipinski definition) is 3. The van der Waals surface area contributed by atoms with Gasteiger partial charge in [-0.2, -0.15) is 5.26 Å². The van der Waals surface area contributed by atoms with Crippen molar-refractivity contribution in [3.63, 3.8) is 0 Å². The van der Waals surface area contributed by atoms with E-state index in [1.54, 1.807) is 6.08 Å². The van der Waals surface area contributed by atoms with Gasteiger partial charge in [0.25, 0.3) is 5.91 Å². The smallest absolute Gasteiger partial charge is 0.262 e. The Morgan fingerprint density at radius 2 is 2.05 bits per heavy atom. The van der Waals surface area contributed by atoms with Gasteiger partial charge in [-0.3, -0.25) is 4.79 Å². The molecule has 1 aromatic carbocycles. The average Bonchev–Trinajstić information content (AvgIpc) is 2.98. The molecular formula is C16H14N2OS. The highest BCUT2D eigenvalue weighted by molar-refractivity contribution is 7.10. The molecule has 0 aliphatic carbocycles. The lowest BCUT2D eigenvalue weighted by Crippen LogP contribution is -2.27. The van der Waals surface area contributed by atoms with Crippen molar-refractivity contribution >= 4 is 23.3 Å². The maximum Gasteiger partial charge on any atom is 0.262 e. The molecule has 2 aromatic rings. The number of nitrogens with one attached hydrogen (secondary N) is 1. The zero-order valence-corrected chi connectivity index (χ0v) is 11.9. The fraction of sp³-hybridized carbons (Fsp3) is 0.125. The van der Waals surface area contributed by atoms with E-state index < -0.39 is 0 Å². The third-order valence-corrected chi connectivity index (χ3v) is 3.66. The summed E-state index contributed by atoms with van der Waals surface area (Å²) in [6.45, 7) is 1.90. The van der Waals surface area contributed by atoms with Crippen molar-refractivity contribution in [3.05, 3.63) is 63.9 Å². The minimum atomic E-state index is -0.350.